The van der Waals surface area contributed by atoms with Gasteiger partial charge in [0.1, 0.15) is 11.7 Å². The van der Waals surface area contributed by atoms with E-state index in [1.807, 2.05) is 13.8 Å². The summed E-state index contributed by atoms with van der Waals surface area (Å²) in [6, 6.07) is 0. The Kier molecular flexibility index (Phi) is 6.43. The van der Waals surface area contributed by atoms with Crippen LogP contribution in [-0.2, 0) is 14.3 Å². The lowest BCUT2D eigenvalue weighted by Gasteiger charge is -2.62. The van der Waals surface area contributed by atoms with Crippen LogP contribution in [0.5, 0.6) is 0 Å². The number of hydrogen-bond donors (Lipinski definition) is 3. The van der Waals surface area contributed by atoms with Gasteiger partial charge in [-0.25, -0.2) is 0 Å². The predicted molar refractivity (Wildman–Crippen MR) is 132 cm³/mol. The van der Waals surface area contributed by atoms with Gasteiger partial charge in [-0.3, -0.25) is 4.79 Å². The Hall–Kier alpha value is -0.690. The highest BCUT2D eigenvalue weighted by atomic mass is 16.5. The molecule has 1 aliphatic heterocycles. The van der Waals surface area contributed by atoms with Gasteiger partial charge in [-0.15, -0.1) is 0 Å². The fraction of sp³-hybridized carbons (Fsp3) is 0.966. The third-order valence-electron chi connectivity index (χ3n) is 11.7. The Labute approximate surface area is 211 Å². The van der Waals surface area contributed by atoms with E-state index in [-0.39, 0.29) is 34.9 Å². The van der Waals surface area contributed by atoms with Gasteiger partial charge in [0.15, 0.2) is 0 Å². The van der Waals surface area contributed by atoms with E-state index in [1.165, 1.54) is 13.3 Å². The summed E-state index contributed by atoms with van der Waals surface area (Å²) in [4.78, 5) is 12.0. The molecular formula is C29H48O6. The maximum Gasteiger partial charge on any atom is 0.302 e. The number of carbonyl (C=O) groups is 1. The smallest absolute Gasteiger partial charge is 0.302 e. The molecule has 2 bridgehead atoms. The summed E-state index contributed by atoms with van der Waals surface area (Å²) in [6.45, 7) is 10.5. The second-order valence-electron chi connectivity index (χ2n) is 14.0. The first-order valence-electron chi connectivity index (χ1n) is 14.2. The molecule has 4 saturated carbocycles. The standard InChI is InChI=1S/C29H48O6/c1-17(24(35-18(2)30)10-11-26(3,4)32)21-6-7-22-20-14-25-29(33)15-19(31)8-13-28(29,16-34-25)23(20)9-12-27(21,22)5/h17,19-25,31-33H,6-16H2,1-5H3. The highest BCUT2D eigenvalue weighted by Gasteiger charge is 2.72. The molecule has 11 atom stereocenters. The van der Waals surface area contributed by atoms with Crippen molar-refractivity contribution in [2.75, 3.05) is 6.61 Å². The third-order valence-corrected chi connectivity index (χ3v) is 11.7. The molecule has 0 amide bonds. The van der Waals surface area contributed by atoms with Crippen LogP contribution in [0.1, 0.15) is 98.8 Å². The highest BCUT2D eigenvalue weighted by Crippen LogP contribution is 2.71. The molecule has 1 heterocycles. The number of fused-ring (bicyclic) bond motifs is 3. The van der Waals surface area contributed by atoms with E-state index in [2.05, 4.69) is 13.8 Å². The van der Waals surface area contributed by atoms with Gasteiger partial charge in [-0.2, -0.15) is 0 Å². The number of aliphatic hydroxyl groups excluding tert-OH is 1. The van der Waals surface area contributed by atoms with Gasteiger partial charge in [0.05, 0.1) is 24.4 Å². The molecule has 5 fully saturated rings. The molecule has 0 radical (unpaired) electrons. The zero-order valence-electron chi connectivity index (χ0n) is 22.5. The number of aliphatic hydroxyl groups is 3. The average Bonchev–Trinajstić information content (AvgIpc) is 3.18. The van der Waals surface area contributed by atoms with Crippen LogP contribution < -0.4 is 0 Å². The molecule has 5 aliphatic rings. The van der Waals surface area contributed by atoms with E-state index in [0.29, 0.717) is 49.5 Å². The number of ether oxygens (including phenoxy) is 2. The molecule has 6 nitrogen and oxygen atoms in total. The molecule has 200 valence electrons. The fourth-order valence-electron chi connectivity index (χ4n) is 10.1. The van der Waals surface area contributed by atoms with Gasteiger partial charge < -0.3 is 24.8 Å². The van der Waals surface area contributed by atoms with E-state index in [9.17, 15) is 20.1 Å². The molecule has 1 saturated heterocycles. The molecule has 6 heteroatoms. The Bertz CT molecular complexity index is 822. The third kappa shape index (κ3) is 4.00. The summed E-state index contributed by atoms with van der Waals surface area (Å²) < 4.78 is 12.2. The van der Waals surface area contributed by atoms with Gasteiger partial charge in [0.2, 0.25) is 0 Å². The van der Waals surface area contributed by atoms with Crippen LogP contribution in [-0.4, -0.2) is 57.4 Å². The molecule has 3 N–H and O–H groups in total. The normalized spacial score (nSPS) is 48.5. The SMILES string of the molecule is CC(=O)OC(CCC(C)(C)O)C(C)C1CCC2C3CC4OCC5(CCC(O)CC45O)C3CCC12C. The van der Waals surface area contributed by atoms with Crippen molar-refractivity contribution in [2.24, 2.45) is 40.4 Å². The molecular weight excluding hydrogens is 444 g/mol. The number of hydrogen-bond acceptors (Lipinski definition) is 6. The van der Waals surface area contributed by atoms with Gasteiger partial charge in [-0.05, 0) is 107 Å². The first kappa shape index (κ1) is 25.9. The van der Waals surface area contributed by atoms with Crippen LogP contribution in [0, 0.1) is 40.4 Å². The van der Waals surface area contributed by atoms with E-state index >= 15 is 0 Å². The maximum absolute atomic E-state index is 12.0. The summed E-state index contributed by atoms with van der Waals surface area (Å²) in [5.41, 5.74) is -1.66. The van der Waals surface area contributed by atoms with Gasteiger partial charge >= 0.3 is 5.97 Å². The van der Waals surface area contributed by atoms with Crippen molar-refractivity contribution >= 4 is 5.97 Å². The monoisotopic (exact) mass is 492 g/mol. The van der Waals surface area contributed by atoms with Crippen molar-refractivity contribution in [1.29, 1.82) is 0 Å². The van der Waals surface area contributed by atoms with Crippen LogP contribution in [0.2, 0.25) is 0 Å². The topological polar surface area (TPSA) is 96.2 Å². The van der Waals surface area contributed by atoms with Crippen molar-refractivity contribution in [1.82, 2.24) is 0 Å². The van der Waals surface area contributed by atoms with Crippen LogP contribution in [0.3, 0.4) is 0 Å². The molecule has 11 unspecified atom stereocenters. The van der Waals surface area contributed by atoms with Crippen LogP contribution >= 0.6 is 0 Å². The summed E-state index contributed by atoms with van der Waals surface area (Å²) >= 11 is 0. The van der Waals surface area contributed by atoms with Crippen LogP contribution in [0.15, 0.2) is 0 Å². The summed E-state index contributed by atoms with van der Waals surface area (Å²) in [6.07, 6.45) is 8.14. The Balaban J connectivity index is 1.37. The minimum absolute atomic E-state index is 0.155. The molecule has 0 aromatic carbocycles. The Morgan fingerprint density at radius 1 is 1.17 bits per heavy atom. The van der Waals surface area contributed by atoms with Gasteiger partial charge in [0.25, 0.3) is 0 Å². The van der Waals surface area contributed by atoms with Gasteiger partial charge in [-0.1, -0.05) is 13.8 Å². The summed E-state index contributed by atoms with van der Waals surface area (Å²) in [5, 5.41) is 32.6. The largest absolute Gasteiger partial charge is 0.462 e. The van der Waals surface area contributed by atoms with Crippen LogP contribution in [0.4, 0.5) is 0 Å². The first-order valence-corrected chi connectivity index (χ1v) is 14.2. The van der Waals surface area contributed by atoms with E-state index < -0.39 is 17.3 Å². The number of carbonyl (C=O) groups excluding carboxylic acids is 1. The number of esters is 1. The van der Waals surface area contributed by atoms with Gasteiger partial charge in [0, 0.05) is 18.8 Å². The second kappa shape index (κ2) is 8.68. The lowest BCUT2D eigenvalue weighted by Crippen LogP contribution is -2.66. The summed E-state index contributed by atoms with van der Waals surface area (Å²) in [7, 11) is 0. The molecule has 0 aromatic rings. The minimum Gasteiger partial charge on any atom is -0.462 e. The first-order chi connectivity index (χ1) is 16.3. The number of rotatable bonds is 6. The van der Waals surface area contributed by atoms with Crippen molar-refractivity contribution in [3.8, 4) is 0 Å². The fourth-order valence-corrected chi connectivity index (χ4v) is 10.1. The van der Waals surface area contributed by atoms with E-state index in [0.717, 1.165) is 38.5 Å². The lowest BCUT2D eigenvalue weighted by molar-refractivity contribution is -0.214. The van der Waals surface area contributed by atoms with Crippen molar-refractivity contribution in [3.63, 3.8) is 0 Å². The van der Waals surface area contributed by atoms with E-state index in [1.54, 1.807) is 0 Å². The summed E-state index contributed by atoms with van der Waals surface area (Å²) in [5.74, 6) is 2.09. The zero-order chi connectivity index (χ0) is 25.4. The van der Waals surface area contributed by atoms with E-state index in [4.69, 9.17) is 9.47 Å². The van der Waals surface area contributed by atoms with Crippen molar-refractivity contribution < 1.29 is 29.6 Å². The quantitative estimate of drug-likeness (QED) is 0.480. The minimum atomic E-state index is -0.873. The molecule has 0 aromatic heterocycles. The maximum atomic E-state index is 12.0. The molecule has 35 heavy (non-hydrogen) atoms. The van der Waals surface area contributed by atoms with Crippen LogP contribution in [0.25, 0.3) is 0 Å². The highest BCUT2D eigenvalue weighted by molar-refractivity contribution is 5.66. The Morgan fingerprint density at radius 3 is 2.60 bits per heavy atom. The van der Waals surface area contributed by atoms with Crippen molar-refractivity contribution in [2.45, 2.75) is 128 Å². The molecule has 0 spiro atoms. The lowest BCUT2D eigenvalue weighted by atomic mass is 9.43. The zero-order valence-corrected chi connectivity index (χ0v) is 22.5. The second-order valence-corrected chi connectivity index (χ2v) is 14.0. The predicted octanol–water partition coefficient (Wildman–Crippen LogP) is 4.23. The Morgan fingerprint density at radius 2 is 1.91 bits per heavy atom. The molecule has 5 rings (SSSR count). The molecule has 4 aliphatic carbocycles. The average molecular weight is 493 g/mol. The van der Waals surface area contributed by atoms with Crippen molar-refractivity contribution in [3.05, 3.63) is 0 Å².